The van der Waals surface area contributed by atoms with Crippen LogP contribution >= 0.6 is 0 Å². The van der Waals surface area contributed by atoms with Gasteiger partial charge in [0, 0.05) is 12.1 Å². The van der Waals surface area contributed by atoms with E-state index in [1.54, 1.807) is 31.4 Å². The number of benzene rings is 2. The van der Waals surface area contributed by atoms with Crippen LogP contribution in [0, 0.1) is 0 Å². The highest BCUT2D eigenvalue weighted by atomic mass is 16.5. The number of ether oxygens (including phenoxy) is 2. The highest BCUT2D eigenvalue weighted by Crippen LogP contribution is 2.24. The van der Waals surface area contributed by atoms with Crippen LogP contribution in [0.4, 0.5) is 5.69 Å². The smallest absolute Gasteiger partial charge is 0.303 e. The van der Waals surface area contributed by atoms with Crippen molar-refractivity contribution in [1.82, 2.24) is 0 Å². The van der Waals surface area contributed by atoms with Gasteiger partial charge >= 0.3 is 5.97 Å². The van der Waals surface area contributed by atoms with Gasteiger partial charge in [-0.05, 0) is 54.8 Å². The van der Waals surface area contributed by atoms with Crippen molar-refractivity contribution in [2.45, 2.75) is 32.1 Å². The van der Waals surface area contributed by atoms with Crippen molar-refractivity contribution in [1.29, 1.82) is 0 Å². The summed E-state index contributed by atoms with van der Waals surface area (Å²) in [7, 11) is 1.61. The monoisotopic (exact) mass is 371 g/mol. The lowest BCUT2D eigenvalue weighted by atomic mass is 9.95. The van der Waals surface area contributed by atoms with E-state index < -0.39 is 5.97 Å². The van der Waals surface area contributed by atoms with Crippen molar-refractivity contribution < 1.29 is 24.2 Å². The molecule has 144 valence electrons. The molecule has 0 aromatic heterocycles. The van der Waals surface area contributed by atoms with Gasteiger partial charge in [-0.3, -0.25) is 9.59 Å². The molecule has 2 aromatic carbocycles. The zero-order valence-electron chi connectivity index (χ0n) is 15.6. The van der Waals surface area contributed by atoms with Gasteiger partial charge in [0.2, 0.25) is 5.91 Å². The number of amides is 1. The van der Waals surface area contributed by atoms with E-state index >= 15 is 0 Å². The maximum atomic E-state index is 12.6. The van der Waals surface area contributed by atoms with E-state index in [-0.39, 0.29) is 18.2 Å². The summed E-state index contributed by atoms with van der Waals surface area (Å²) in [6.45, 7) is 2.32. The first kappa shape index (κ1) is 20.3. The number of carbonyl (C=O) groups excluding carboxylic acids is 1. The van der Waals surface area contributed by atoms with Crippen LogP contribution in [0.5, 0.6) is 11.5 Å². The summed E-state index contributed by atoms with van der Waals surface area (Å²) < 4.78 is 10.6. The number of hydrogen-bond acceptors (Lipinski definition) is 4. The predicted octanol–water partition coefficient (Wildman–Crippen LogP) is 4.07. The molecule has 0 bridgehead atoms. The average molecular weight is 371 g/mol. The fraction of sp³-hybridized carbons (Fsp3) is 0.333. The van der Waals surface area contributed by atoms with Gasteiger partial charge in [-0.1, -0.05) is 19.1 Å². The summed E-state index contributed by atoms with van der Waals surface area (Å²) in [5.74, 6) is 0.244. The molecule has 1 amide bonds. The molecule has 0 saturated carbocycles. The zero-order chi connectivity index (χ0) is 19.6. The third-order valence-electron chi connectivity index (χ3n) is 4.17. The van der Waals surface area contributed by atoms with Crippen molar-refractivity contribution in [3.63, 3.8) is 0 Å². The van der Waals surface area contributed by atoms with E-state index in [2.05, 4.69) is 5.32 Å². The Balaban J connectivity index is 1.92. The standard InChI is InChI=1S/C21H25NO5/c1-3-19(15-6-10-17(26-2)11-7-15)21(25)22-16-8-12-18(13-9-16)27-14-4-5-20(23)24/h6-13,19H,3-5,14H2,1-2H3,(H,22,25)(H,23,24). The minimum absolute atomic E-state index is 0.0715. The van der Waals surface area contributed by atoms with E-state index in [0.29, 0.717) is 30.9 Å². The molecule has 1 atom stereocenters. The summed E-state index contributed by atoms with van der Waals surface area (Å²) in [5, 5.41) is 11.5. The molecule has 0 radical (unpaired) electrons. The van der Waals surface area contributed by atoms with Crippen LogP contribution in [-0.2, 0) is 9.59 Å². The van der Waals surface area contributed by atoms with Crippen molar-refractivity contribution in [3.8, 4) is 11.5 Å². The summed E-state index contributed by atoms with van der Waals surface area (Å²) in [5.41, 5.74) is 1.62. The minimum atomic E-state index is -0.834. The fourth-order valence-electron chi connectivity index (χ4n) is 2.69. The van der Waals surface area contributed by atoms with E-state index in [9.17, 15) is 9.59 Å². The average Bonchev–Trinajstić information content (AvgIpc) is 2.67. The van der Waals surface area contributed by atoms with Crippen molar-refractivity contribution in [3.05, 3.63) is 54.1 Å². The molecule has 6 heteroatoms. The number of carboxylic acid groups (broad SMARTS) is 1. The first-order chi connectivity index (χ1) is 13.0. The number of aliphatic carboxylic acids is 1. The Morgan fingerprint density at radius 3 is 2.22 bits per heavy atom. The Labute approximate surface area is 159 Å². The molecule has 0 saturated heterocycles. The lowest BCUT2D eigenvalue weighted by Gasteiger charge is -2.16. The Kier molecular flexibility index (Phi) is 7.67. The van der Waals surface area contributed by atoms with E-state index in [4.69, 9.17) is 14.6 Å². The number of rotatable bonds is 10. The number of hydrogen-bond donors (Lipinski definition) is 2. The number of carbonyl (C=O) groups is 2. The van der Waals surface area contributed by atoms with Crippen LogP contribution in [0.3, 0.4) is 0 Å². The van der Waals surface area contributed by atoms with Gasteiger partial charge in [-0.15, -0.1) is 0 Å². The zero-order valence-corrected chi connectivity index (χ0v) is 15.6. The quantitative estimate of drug-likeness (QED) is 0.615. The SMILES string of the molecule is CCC(C(=O)Nc1ccc(OCCCC(=O)O)cc1)c1ccc(OC)cc1. The van der Waals surface area contributed by atoms with Gasteiger partial charge in [0.15, 0.2) is 0 Å². The fourth-order valence-corrected chi connectivity index (χ4v) is 2.69. The molecule has 0 aliphatic rings. The summed E-state index contributed by atoms with van der Waals surface area (Å²) in [6.07, 6.45) is 1.22. The molecule has 6 nitrogen and oxygen atoms in total. The summed E-state index contributed by atoms with van der Waals surface area (Å²) in [4.78, 5) is 23.1. The molecule has 0 fully saturated rings. The van der Waals surface area contributed by atoms with E-state index in [1.807, 2.05) is 31.2 Å². The van der Waals surface area contributed by atoms with Gasteiger partial charge in [0.1, 0.15) is 11.5 Å². The van der Waals surface area contributed by atoms with Crippen molar-refractivity contribution in [2.75, 3.05) is 19.0 Å². The van der Waals surface area contributed by atoms with Crippen molar-refractivity contribution in [2.24, 2.45) is 0 Å². The molecule has 0 spiro atoms. The van der Waals surface area contributed by atoms with Crippen LogP contribution in [0.15, 0.2) is 48.5 Å². The Hall–Kier alpha value is -3.02. The molecule has 0 aliphatic carbocycles. The van der Waals surface area contributed by atoms with Gasteiger partial charge < -0.3 is 19.9 Å². The second-order valence-corrected chi connectivity index (χ2v) is 6.09. The summed E-state index contributed by atoms with van der Waals surface area (Å²) in [6, 6.07) is 14.6. The van der Waals surface area contributed by atoms with Crippen LogP contribution in [-0.4, -0.2) is 30.7 Å². The molecular weight excluding hydrogens is 346 g/mol. The first-order valence-corrected chi connectivity index (χ1v) is 8.93. The number of methoxy groups -OCH3 is 1. The molecule has 1 unspecified atom stereocenters. The maximum absolute atomic E-state index is 12.6. The van der Waals surface area contributed by atoms with E-state index in [1.165, 1.54) is 0 Å². The first-order valence-electron chi connectivity index (χ1n) is 8.93. The predicted molar refractivity (Wildman–Crippen MR) is 103 cm³/mol. The highest BCUT2D eigenvalue weighted by molar-refractivity contribution is 5.95. The Bertz CT molecular complexity index is 740. The molecule has 0 heterocycles. The van der Waals surface area contributed by atoms with Gasteiger partial charge in [0.05, 0.1) is 19.6 Å². The van der Waals surface area contributed by atoms with Gasteiger partial charge in [-0.25, -0.2) is 0 Å². The van der Waals surface area contributed by atoms with Crippen molar-refractivity contribution >= 4 is 17.6 Å². The number of carboxylic acids is 1. The normalized spacial score (nSPS) is 11.5. The highest BCUT2D eigenvalue weighted by Gasteiger charge is 2.18. The lowest BCUT2D eigenvalue weighted by molar-refractivity contribution is -0.137. The van der Waals surface area contributed by atoms with Crippen LogP contribution < -0.4 is 14.8 Å². The lowest BCUT2D eigenvalue weighted by Crippen LogP contribution is -2.20. The Morgan fingerprint density at radius 2 is 1.67 bits per heavy atom. The third-order valence-corrected chi connectivity index (χ3v) is 4.17. The maximum Gasteiger partial charge on any atom is 0.303 e. The summed E-state index contributed by atoms with van der Waals surface area (Å²) >= 11 is 0. The molecule has 2 N–H and O–H groups in total. The third kappa shape index (κ3) is 6.33. The van der Waals surface area contributed by atoms with Crippen LogP contribution in [0.2, 0.25) is 0 Å². The molecular formula is C21H25NO5. The minimum Gasteiger partial charge on any atom is -0.497 e. The molecule has 27 heavy (non-hydrogen) atoms. The van der Waals surface area contributed by atoms with Gasteiger partial charge in [0.25, 0.3) is 0 Å². The number of nitrogens with one attached hydrogen (secondary N) is 1. The topological polar surface area (TPSA) is 84.9 Å². The molecule has 0 aliphatic heterocycles. The molecule has 2 rings (SSSR count). The molecule has 2 aromatic rings. The van der Waals surface area contributed by atoms with E-state index in [0.717, 1.165) is 11.3 Å². The van der Waals surface area contributed by atoms with Crippen LogP contribution in [0.25, 0.3) is 0 Å². The number of anilines is 1. The van der Waals surface area contributed by atoms with Crippen LogP contribution in [0.1, 0.15) is 37.7 Å². The second kappa shape index (κ2) is 10.2. The largest absolute Gasteiger partial charge is 0.497 e. The second-order valence-electron chi connectivity index (χ2n) is 6.09. The van der Waals surface area contributed by atoms with Gasteiger partial charge in [-0.2, -0.15) is 0 Å². The Morgan fingerprint density at radius 1 is 1.04 bits per heavy atom.